The average Bonchev–Trinajstić information content (AvgIpc) is 3.18. The van der Waals surface area contributed by atoms with Crippen LogP contribution in [0, 0.1) is 6.92 Å². The molecule has 6 nitrogen and oxygen atoms in total. The Kier molecular flexibility index (Phi) is 6.50. The summed E-state index contributed by atoms with van der Waals surface area (Å²) in [5.41, 5.74) is 1.07. The van der Waals surface area contributed by atoms with Crippen LogP contribution in [0.5, 0.6) is 5.75 Å². The van der Waals surface area contributed by atoms with Gasteiger partial charge in [-0.05, 0) is 61.7 Å². The van der Waals surface area contributed by atoms with E-state index in [0.717, 1.165) is 12.8 Å². The molecule has 150 valence electrons. The molecular formula is C19H20Cl2N2O4S. The summed E-state index contributed by atoms with van der Waals surface area (Å²) in [7, 11) is -3.49. The van der Waals surface area contributed by atoms with E-state index < -0.39 is 15.9 Å². The van der Waals surface area contributed by atoms with Crippen LogP contribution in [0.15, 0.2) is 41.3 Å². The Balaban J connectivity index is 1.64. The van der Waals surface area contributed by atoms with Crippen molar-refractivity contribution in [2.45, 2.75) is 24.7 Å². The number of sulfonamides is 1. The van der Waals surface area contributed by atoms with Gasteiger partial charge in [-0.15, -0.1) is 0 Å². The van der Waals surface area contributed by atoms with E-state index in [-0.39, 0.29) is 11.5 Å². The van der Waals surface area contributed by atoms with E-state index >= 15 is 0 Å². The molecule has 0 aliphatic carbocycles. The average molecular weight is 443 g/mol. The van der Waals surface area contributed by atoms with Crippen LogP contribution in [0.2, 0.25) is 10.0 Å². The molecule has 0 atom stereocenters. The van der Waals surface area contributed by atoms with E-state index in [0.29, 0.717) is 40.1 Å². The quantitative estimate of drug-likeness (QED) is 0.730. The van der Waals surface area contributed by atoms with Crippen molar-refractivity contribution in [3.8, 4) is 5.75 Å². The predicted octanol–water partition coefficient (Wildman–Crippen LogP) is 4.10. The number of halogens is 2. The molecule has 0 saturated carbocycles. The van der Waals surface area contributed by atoms with Gasteiger partial charge < -0.3 is 10.1 Å². The van der Waals surface area contributed by atoms with Crippen molar-refractivity contribution in [3.05, 3.63) is 52.0 Å². The second-order valence-electron chi connectivity index (χ2n) is 6.50. The number of aryl methyl sites for hydroxylation is 1. The van der Waals surface area contributed by atoms with Crippen molar-refractivity contribution in [1.29, 1.82) is 0 Å². The minimum absolute atomic E-state index is 0.233. The predicted molar refractivity (Wildman–Crippen MR) is 110 cm³/mol. The number of carbonyl (C=O) groups excluding carboxylic acids is 1. The van der Waals surface area contributed by atoms with Gasteiger partial charge in [0.2, 0.25) is 10.0 Å². The highest BCUT2D eigenvalue weighted by molar-refractivity contribution is 7.89. The van der Waals surface area contributed by atoms with Crippen LogP contribution in [0.25, 0.3) is 0 Å². The van der Waals surface area contributed by atoms with Crippen LogP contribution in [-0.4, -0.2) is 38.3 Å². The van der Waals surface area contributed by atoms with Gasteiger partial charge in [-0.25, -0.2) is 8.42 Å². The van der Waals surface area contributed by atoms with Crippen molar-refractivity contribution < 1.29 is 17.9 Å². The number of ether oxygens (including phenoxy) is 1. The highest BCUT2D eigenvalue weighted by Crippen LogP contribution is 2.27. The van der Waals surface area contributed by atoms with E-state index in [1.54, 1.807) is 31.2 Å². The Labute approximate surface area is 174 Å². The largest absolute Gasteiger partial charge is 0.483 e. The van der Waals surface area contributed by atoms with E-state index in [1.807, 2.05) is 0 Å². The van der Waals surface area contributed by atoms with Gasteiger partial charge in [-0.3, -0.25) is 4.79 Å². The molecular weight excluding hydrogens is 423 g/mol. The van der Waals surface area contributed by atoms with Gasteiger partial charge in [0.1, 0.15) is 5.75 Å². The zero-order valence-corrected chi connectivity index (χ0v) is 17.6. The number of rotatable bonds is 6. The fraction of sp³-hybridized carbons (Fsp3) is 0.316. The third kappa shape index (κ3) is 4.78. The molecule has 1 fully saturated rings. The Hall–Kier alpha value is -1.80. The van der Waals surface area contributed by atoms with Crippen LogP contribution in [0.4, 0.5) is 5.69 Å². The Bertz CT molecular complexity index is 989. The SMILES string of the molecule is Cc1cc(S(=O)(=O)N2CCCC2)ccc1OCC(=O)Nc1ccc(Cl)cc1Cl. The normalized spacial score (nSPS) is 14.8. The van der Waals surface area contributed by atoms with Gasteiger partial charge in [0.05, 0.1) is 15.6 Å². The number of anilines is 1. The first-order chi connectivity index (χ1) is 13.3. The Morgan fingerprint density at radius 2 is 1.86 bits per heavy atom. The van der Waals surface area contributed by atoms with Crippen LogP contribution in [0.3, 0.4) is 0 Å². The minimum atomic E-state index is -3.49. The van der Waals surface area contributed by atoms with Crippen molar-refractivity contribution in [1.82, 2.24) is 4.31 Å². The number of hydrogen-bond acceptors (Lipinski definition) is 4. The van der Waals surface area contributed by atoms with Crippen LogP contribution >= 0.6 is 23.2 Å². The van der Waals surface area contributed by atoms with Gasteiger partial charge in [0.15, 0.2) is 6.61 Å². The molecule has 1 aliphatic rings. The lowest BCUT2D eigenvalue weighted by molar-refractivity contribution is -0.118. The maximum atomic E-state index is 12.6. The van der Waals surface area contributed by atoms with Crippen LogP contribution in [-0.2, 0) is 14.8 Å². The summed E-state index contributed by atoms with van der Waals surface area (Å²) >= 11 is 11.9. The molecule has 1 N–H and O–H groups in total. The molecule has 0 aromatic heterocycles. The molecule has 2 aromatic rings. The number of benzene rings is 2. The lowest BCUT2D eigenvalue weighted by Crippen LogP contribution is -2.27. The lowest BCUT2D eigenvalue weighted by atomic mass is 10.2. The third-order valence-corrected chi connectivity index (χ3v) is 6.86. The number of carbonyl (C=O) groups is 1. The Morgan fingerprint density at radius 3 is 2.50 bits per heavy atom. The second-order valence-corrected chi connectivity index (χ2v) is 9.28. The molecule has 0 bridgehead atoms. The fourth-order valence-corrected chi connectivity index (χ4v) is 5.00. The van der Waals surface area contributed by atoms with E-state index in [1.165, 1.54) is 16.4 Å². The van der Waals surface area contributed by atoms with Crippen molar-refractivity contribution in [3.63, 3.8) is 0 Å². The maximum absolute atomic E-state index is 12.6. The molecule has 0 radical (unpaired) electrons. The van der Waals surface area contributed by atoms with E-state index in [4.69, 9.17) is 27.9 Å². The van der Waals surface area contributed by atoms with Gasteiger partial charge in [-0.1, -0.05) is 23.2 Å². The second kappa shape index (κ2) is 8.69. The first-order valence-corrected chi connectivity index (χ1v) is 11.0. The molecule has 1 amide bonds. The Morgan fingerprint density at radius 1 is 1.14 bits per heavy atom. The summed E-state index contributed by atoms with van der Waals surface area (Å²) < 4.78 is 32.3. The highest BCUT2D eigenvalue weighted by atomic mass is 35.5. The van der Waals surface area contributed by atoms with Crippen molar-refractivity contribution in [2.75, 3.05) is 25.0 Å². The summed E-state index contributed by atoms with van der Waals surface area (Å²) in [5, 5.41) is 3.44. The monoisotopic (exact) mass is 442 g/mol. The summed E-state index contributed by atoms with van der Waals surface area (Å²) in [4.78, 5) is 12.3. The minimum Gasteiger partial charge on any atom is -0.483 e. The van der Waals surface area contributed by atoms with Crippen molar-refractivity contribution in [2.24, 2.45) is 0 Å². The van der Waals surface area contributed by atoms with Crippen molar-refractivity contribution >= 4 is 44.8 Å². The molecule has 0 unspecified atom stereocenters. The first kappa shape index (κ1) is 20.9. The van der Waals surface area contributed by atoms with Crippen LogP contribution in [0.1, 0.15) is 18.4 Å². The molecule has 1 heterocycles. The number of amides is 1. The molecule has 1 saturated heterocycles. The number of nitrogens with one attached hydrogen (secondary N) is 1. The summed E-state index contributed by atoms with van der Waals surface area (Å²) in [6.45, 7) is 2.60. The molecule has 28 heavy (non-hydrogen) atoms. The highest BCUT2D eigenvalue weighted by Gasteiger charge is 2.27. The van der Waals surface area contributed by atoms with E-state index in [9.17, 15) is 13.2 Å². The molecule has 1 aliphatic heterocycles. The van der Waals surface area contributed by atoms with Gasteiger partial charge in [0.25, 0.3) is 5.91 Å². The summed E-state index contributed by atoms with van der Waals surface area (Å²) in [6, 6.07) is 9.39. The third-order valence-electron chi connectivity index (χ3n) is 4.41. The summed E-state index contributed by atoms with van der Waals surface area (Å²) in [5.74, 6) is 0.0510. The number of nitrogens with zero attached hydrogens (tertiary/aromatic N) is 1. The fourth-order valence-electron chi connectivity index (χ4n) is 2.94. The smallest absolute Gasteiger partial charge is 0.262 e. The first-order valence-electron chi connectivity index (χ1n) is 8.76. The van der Waals surface area contributed by atoms with Gasteiger partial charge >= 0.3 is 0 Å². The zero-order valence-electron chi connectivity index (χ0n) is 15.2. The topological polar surface area (TPSA) is 75.7 Å². The molecule has 3 rings (SSSR count). The number of hydrogen-bond donors (Lipinski definition) is 1. The van der Waals surface area contributed by atoms with Crippen LogP contribution < -0.4 is 10.1 Å². The van der Waals surface area contributed by atoms with E-state index in [2.05, 4.69) is 5.32 Å². The van der Waals surface area contributed by atoms with Gasteiger partial charge in [0, 0.05) is 18.1 Å². The lowest BCUT2D eigenvalue weighted by Gasteiger charge is -2.17. The zero-order chi connectivity index (χ0) is 20.3. The van der Waals surface area contributed by atoms with Gasteiger partial charge in [-0.2, -0.15) is 4.31 Å². The standard InChI is InChI=1S/C19H20Cl2N2O4S/c1-13-10-15(28(25,26)23-8-2-3-9-23)5-7-18(13)27-12-19(24)22-17-6-4-14(20)11-16(17)21/h4-7,10-11H,2-3,8-9,12H2,1H3,(H,22,24). The summed E-state index contributed by atoms with van der Waals surface area (Å²) in [6.07, 6.45) is 1.76. The maximum Gasteiger partial charge on any atom is 0.262 e. The molecule has 0 spiro atoms. The molecule has 2 aromatic carbocycles. The molecule has 9 heteroatoms.